The predicted octanol–water partition coefficient (Wildman–Crippen LogP) is 2.54. The number of carbonyl (C=O) groups is 2. The minimum absolute atomic E-state index is 0.0749. The van der Waals surface area contributed by atoms with E-state index in [4.69, 9.17) is 17.3 Å². The molecule has 0 radical (unpaired) electrons. The summed E-state index contributed by atoms with van der Waals surface area (Å²) in [4.78, 5) is 23.2. The Bertz CT molecular complexity index is 961. The fourth-order valence-electron chi connectivity index (χ4n) is 2.50. The summed E-state index contributed by atoms with van der Waals surface area (Å²) in [6, 6.07) is 14.1. The molecule has 2 amide bonds. The first-order chi connectivity index (χ1) is 12.0. The molecule has 6 nitrogen and oxygen atoms in total. The highest BCUT2D eigenvalue weighted by atomic mass is 35.5. The minimum Gasteiger partial charge on any atom is -0.368 e. The monoisotopic (exact) mass is 354 g/mol. The number of nitrogens with zero attached hydrogens (tertiary/aromatic N) is 2. The molecule has 0 unspecified atom stereocenters. The van der Waals surface area contributed by atoms with Crippen molar-refractivity contribution in [2.75, 3.05) is 0 Å². The summed E-state index contributed by atoms with van der Waals surface area (Å²) in [6.45, 7) is 0.0749. The van der Waals surface area contributed by atoms with Crippen molar-refractivity contribution >= 4 is 40.5 Å². The van der Waals surface area contributed by atoms with Crippen molar-refractivity contribution in [3.8, 4) is 0 Å². The van der Waals surface area contributed by atoms with Gasteiger partial charge in [-0.05, 0) is 30.3 Å². The summed E-state index contributed by atoms with van der Waals surface area (Å²) in [6.07, 6.45) is 3.31. The number of benzene rings is 2. The largest absolute Gasteiger partial charge is 0.368 e. The smallest absolute Gasteiger partial charge is 0.271 e. The zero-order valence-corrected chi connectivity index (χ0v) is 13.9. The number of hydrogen-bond donors (Lipinski definition) is 2. The van der Waals surface area contributed by atoms with Crippen molar-refractivity contribution in [1.82, 2.24) is 9.99 Å². The lowest BCUT2D eigenvalue weighted by Crippen LogP contribution is -2.18. The lowest BCUT2D eigenvalue weighted by Gasteiger charge is -2.00. The molecule has 25 heavy (non-hydrogen) atoms. The van der Waals surface area contributed by atoms with E-state index >= 15 is 0 Å². The number of carbonyl (C=O) groups excluding carboxylic acids is 2. The highest BCUT2D eigenvalue weighted by Crippen LogP contribution is 2.19. The van der Waals surface area contributed by atoms with Gasteiger partial charge in [-0.3, -0.25) is 9.59 Å². The third kappa shape index (κ3) is 3.87. The zero-order valence-electron chi connectivity index (χ0n) is 13.1. The third-order valence-electron chi connectivity index (χ3n) is 3.62. The van der Waals surface area contributed by atoms with Crippen molar-refractivity contribution in [3.05, 3.63) is 70.9 Å². The van der Waals surface area contributed by atoms with Crippen LogP contribution < -0.4 is 11.2 Å². The Balaban J connectivity index is 1.80. The van der Waals surface area contributed by atoms with Gasteiger partial charge in [0.25, 0.3) is 5.91 Å². The van der Waals surface area contributed by atoms with Gasteiger partial charge in [-0.2, -0.15) is 5.10 Å². The highest BCUT2D eigenvalue weighted by Gasteiger charge is 2.08. The molecule has 3 rings (SSSR count). The molecule has 7 heteroatoms. The minimum atomic E-state index is -0.430. The van der Waals surface area contributed by atoms with Crippen LogP contribution >= 0.6 is 11.6 Å². The topological polar surface area (TPSA) is 89.5 Å². The molecule has 1 aromatic heterocycles. The second-order valence-corrected chi connectivity index (χ2v) is 5.84. The molecule has 3 N–H and O–H groups in total. The van der Waals surface area contributed by atoms with Crippen LogP contribution in [-0.4, -0.2) is 22.6 Å². The molecule has 1 heterocycles. The van der Waals surface area contributed by atoms with Gasteiger partial charge in [0.1, 0.15) is 6.54 Å². The van der Waals surface area contributed by atoms with E-state index in [1.165, 1.54) is 6.21 Å². The molecule has 0 saturated carbocycles. The summed E-state index contributed by atoms with van der Waals surface area (Å²) in [5, 5.41) is 5.46. The Morgan fingerprint density at radius 2 is 1.88 bits per heavy atom. The van der Waals surface area contributed by atoms with Gasteiger partial charge in [0.05, 0.1) is 6.21 Å². The number of hydrazone groups is 1. The van der Waals surface area contributed by atoms with E-state index < -0.39 is 5.91 Å². The van der Waals surface area contributed by atoms with Gasteiger partial charge in [0.2, 0.25) is 5.91 Å². The van der Waals surface area contributed by atoms with Gasteiger partial charge in [0.15, 0.2) is 0 Å². The average molecular weight is 355 g/mol. The van der Waals surface area contributed by atoms with Gasteiger partial charge >= 0.3 is 0 Å². The Morgan fingerprint density at radius 3 is 2.60 bits per heavy atom. The van der Waals surface area contributed by atoms with Crippen LogP contribution in [0.2, 0.25) is 5.02 Å². The Hall–Kier alpha value is -3.12. The van der Waals surface area contributed by atoms with E-state index in [-0.39, 0.29) is 12.5 Å². The summed E-state index contributed by atoms with van der Waals surface area (Å²) >= 11 is 5.80. The SMILES string of the molecule is NC(=O)Cn1cc(C=NNC(=O)c2ccc(Cl)cc2)c2ccccc21. The van der Waals surface area contributed by atoms with Crippen molar-refractivity contribution in [1.29, 1.82) is 0 Å². The second-order valence-electron chi connectivity index (χ2n) is 5.40. The number of halogens is 1. The van der Waals surface area contributed by atoms with Gasteiger partial charge in [-0.15, -0.1) is 0 Å². The fraction of sp³-hybridized carbons (Fsp3) is 0.0556. The fourth-order valence-corrected chi connectivity index (χ4v) is 2.63. The van der Waals surface area contributed by atoms with Gasteiger partial charge in [-0.25, -0.2) is 5.43 Å². The van der Waals surface area contributed by atoms with Crippen molar-refractivity contribution in [3.63, 3.8) is 0 Å². The first-order valence-electron chi connectivity index (χ1n) is 7.50. The molecule has 3 aromatic rings. The molecule has 0 saturated heterocycles. The number of para-hydroxylation sites is 1. The lowest BCUT2D eigenvalue weighted by molar-refractivity contribution is -0.118. The lowest BCUT2D eigenvalue weighted by atomic mass is 10.2. The normalized spacial score (nSPS) is 11.1. The predicted molar refractivity (Wildman–Crippen MR) is 97.6 cm³/mol. The molecule has 0 fully saturated rings. The third-order valence-corrected chi connectivity index (χ3v) is 3.87. The molecule has 2 aromatic carbocycles. The van der Waals surface area contributed by atoms with Crippen molar-refractivity contribution in [2.24, 2.45) is 10.8 Å². The van der Waals surface area contributed by atoms with Crippen LogP contribution in [0.5, 0.6) is 0 Å². The second kappa shape index (κ2) is 7.19. The maximum absolute atomic E-state index is 12.0. The molecule has 0 spiro atoms. The number of nitrogens with two attached hydrogens (primary N) is 1. The Labute approximate surface area is 148 Å². The average Bonchev–Trinajstić information content (AvgIpc) is 2.93. The number of amides is 2. The van der Waals surface area contributed by atoms with E-state index in [2.05, 4.69) is 10.5 Å². The molecular weight excluding hydrogens is 340 g/mol. The van der Waals surface area contributed by atoms with Crippen LogP contribution in [-0.2, 0) is 11.3 Å². The van der Waals surface area contributed by atoms with E-state index in [9.17, 15) is 9.59 Å². The molecular formula is C18H15ClN4O2. The number of aromatic nitrogens is 1. The summed E-state index contributed by atoms with van der Waals surface area (Å²) in [5.41, 5.74) is 9.84. The number of nitrogens with one attached hydrogen (secondary N) is 1. The molecule has 0 aliphatic heterocycles. The number of fused-ring (bicyclic) bond motifs is 1. The van der Waals surface area contributed by atoms with Crippen LogP contribution in [0.4, 0.5) is 0 Å². The van der Waals surface area contributed by atoms with Crippen molar-refractivity contribution < 1.29 is 9.59 Å². The number of hydrogen-bond acceptors (Lipinski definition) is 3. The van der Waals surface area contributed by atoms with E-state index in [1.807, 2.05) is 24.3 Å². The number of rotatable bonds is 5. The molecule has 126 valence electrons. The van der Waals surface area contributed by atoms with Crippen molar-refractivity contribution in [2.45, 2.75) is 6.54 Å². The standard InChI is InChI=1S/C18H15ClN4O2/c19-14-7-5-12(6-8-14)18(25)22-21-9-13-10-23(11-17(20)24)16-4-2-1-3-15(13)16/h1-10H,11H2,(H2,20,24)(H,22,25). The zero-order chi connectivity index (χ0) is 17.8. The molecule has 0 bridgehead atoms. The first-order valence-corrected chi connectivity index (χ1v) is 7.87. The maximum atomic E-state index is 12.0. The van der Waals surface area contributed by atoms with E-state index in [0.29, 0.717) is 10.6 Å². The van der Waals surface area contributed by atoms with Crippen LogP contribution in [0, 0.1) is 0 Å². The summed E-state index contributed by atoms with van der Waals surface area (Å²) in [5.74, 6) is -0.769. The van der Waals surface area contributed by atoms with Crippen LogP contribution in [0.1, 0.15) is 15.9 Å². The van der Waals surface area contributed by atoms with Gasteiger partial charge < -0.3 is 10.3 Å². The quantitative estimate of drug-likeness (QED) is 0.544. The maximum Gasteiger partial charge on any atom is 0.271 e. The van der Waals surface area contributed by atoms with Crippen LogP contribution in [0.3, 0.4) is 0 Å². The summed E-state index contributed by atoms with van der Waals surface area (Å²) < 4.78 is 1.75. The van der Waals surface area contributed by atoms with E-state index in [0.717, 1.165) is 16.5 Å². The summed E-state index contributed by atoms with van der Waals surface area (Å²) in [7, 11) is 0. The Kier molecular flexibility index (Phi) is 4.81. The molecule has 0 aliphatic rings. The van der Waals surface area contributed by atoms with Gasteiger partial charge in [-0.1, -0.05) is 29.8 Å². The Morgan fingerprint density at radius 1 is 1.16 bits per heavy atom. The van der Waals surface area contributed by atoms with E-state index in [1.54, 1.807) is 35.0 Å². The molecule has 0 atom stereocenters. The first kappa shape index (κ1) is 16.7. The number of primary amides is 1. The van der Waals surface area contributed by atoms with Crippen LogP contribution in [0.25, 0.3) is 10.9 Å². The van der Waals surface area contributed by atoms with Gasteiger partial charge in [0, 0.05) is 33.2 Å². The van der Waals surface area contributed by atoms with Crippen LogP contribution in [0.15, 0.2) is 59.8 Å². The highest BCUT2D eigenvalue weighted by molar-refractivity contribution is 6.30. The molecule has 0 aliphatic carbocycles.